The lowest BCUT2D eigenvalue weighted by atomic mass is 9.86. The molecule has 0 saturated heterocycles. The molecule has 4 nitrogen and oxygen atoms in total. The summed E-state index contributed by atoms with van der Waals surface area (Å²) in [5.74, 6) is 0.190. The van der Waals surface area contributed by atoms with Crippen LogP contribution in [0.3, 0.4) is 0 Å². The summed E-state index contributed by atoms with van der Waals surface area (Å²) in [4.78, 5) is 10.4. The lowest BCUT2D eigenvalue weighted by molar-refractivity contribution is -0.384. The van der Waals surface area contributed by atoms with Crippen LogP contribution in [0.15, 0.2) is 42.5 Å². The third-order valence-corrected chi connectivity index (χ3v) is 3.43. The monoisotopic (exact) mass is 297 g/mol. The molecule has 4 heteroatoms. The minimum Gasteiger partial charge on any atom is -0.507 e. The van der Waals surface area contributed by atoms with Crippen LogP contribution in [0.25, 0.3) is 12.2 Å². The van der Waals surface area contributed by atoms with Gasteiger partial charge in [-0.05, 0) is 28.7 Å². The molecule has 2 aromatic carbocycles. The number of phenolic OH excluding ortho intramolecular Hbond substituents is 1. The number of hydrogen-bond donors (Lipinski definition) is 1. The highest BCUT2D eigenvalue weighted by Gasteiger charge is 2.14. The molecular weight excluding hydrogens is 278 g/mol. The van der Waals surface area contributed by atoms with Crippen molar-refractivity contribution in [2.45, 2.75) is 26.2 Å². The highest BCUT2D eigenvalue weighted by Crippen LogP contribution is 2.28. The molecule has 0 bridgehead atoms. The van der Waals surface area contributed by atoms with Crippen LogP contribution in [0.4, 0.5) is 5.69 Å². The van der Waals surface area contributed by atoms with E-state index < -0.39 is 4.92 Å². The molecule has 0 unspecified atom stereocenters. The summed E-state index contributed by atoms with van der Waals surface area (Å²) in [7, 11) is 0. The lowest BCUT2D eigenvalue weighted by Gasteiger charge is -2.19. The van der Waals surface area contributed by atoms with Gasteiger partial charge in [-0.15, -0.1) is 0 Å². The van der Waals surface area contributed by atoms with Gasteiger partial charge in [-0.25, -0.2) is 0 Å². The largest absolute Gasteiger partial charge is 0.507 e. The Morgan fingerprint density at radius 1 is 1.09 bits per heavy atom. The first-order valence-electron chi connectivity index (χ1n) is 7.03. The van der Waals surface area contributed by atoms with Crippen molar-refractivity contribution in [2.75, 3.05) is 0 Å². The molecular formula is C18H19NO3. The van der Waals surface area contributed by atoms with E-state index in [1.807, 2.05) is 12.1 Å². The summed E-state index contributed by atoms with van der Waals surface area (Å²) in [6, 6.07) is 11.9. The van der Waals surface area contributed by atoms with Gasteiger partial charge in [0.25, 0.3) is 5.69 Å². The third kappa shape index (κ3) is 3.73. The van der Waals surface area contributed by atoms with Crippen LogP contribution in [0.2, 0.25) is 0 Å². The van der Waals surface area contributed by atoms with Crippen LogP contribution in [-0.4, -0.2) is 10.0 Å². The average molecular weight is 297 g/mol. The molecule has 0 aromatic heterocycles. The second-order valence-corrected chi connectivity index (χ2v) is 6.21. The fraction of sp³-hybridized carbons (Fsp3) is 0.222. The average Bonchev–Trinajstić information content (AvgIpc) is 2.45. The van der Waals surface area contributed by atoms with Crippen LogP contribution >= 0.6 is 0 Å². The van der Waals surface area contributed by atoms with E-state index in [-0.39, 0.29) is 16.9 Å². The second kappa shape index (κ2) is 6.02. The van der Waals surface area contributed by atoms with Crippen LogP contribution in [0, 0.1) is 10.1 Å². The number of aromatic hydroxyl groups is 1. The normalized spacial score (nSPS) is 11.8. The van der Waals surface area contributed by atoms with Crippen molar-refractivity contribution < 1.29 is 10.0 Å². The van der Waals surface area contributed by atoms with Crippen molar-refractivity contribution in [3.05, 3.63) is 69.3 Å². The highest BCUT2D eigenvalue weighted by atomic mass is 16.6. The minimum absolute atomic E-state index is 0.0121. The Kier molecular flexibility index (Phi) is 4.31. The van der Waals surface area contributed by atoms with Crippen LogP contribution in [-0.2, 0) is 5.41 Å². The predicted octanol–water partition coefficient (Wildman–Crippen LogP) is 4.77. The lowest BCUT2D eigenvalue weighted by Crippen LogP contribution is -2.10. The zero-order chi connectivity index (χ0) is 16.3. The number of benzene rings is 2. The molecule has 0 heterocycles. The Balaban J connectivity index is 2.34. The molecule has 0 amide bonds. The minimum atomic E-state index is -0.422. The molecule has 0 saturated carbocycles. The van der Waals surface area contributed by atoms with E-state index in [9.17, 15) is 15.2 Å². The van der Waals surface area contributed by atoms with Crippen LogP contribution in [0.5, 0.6) is 5.75 Å². The van der Waals surface area contributed by atoms with E-state index in [0.29, 0.717) is 5.56 Å². The number of rotatable bonds is 3. The van der Waals surface area contributed by atoms with Gasteiger partial charge >= 0.3 is 0 Å². The maximum atomic E-state index is 10.8. The topological polar surface area (TPSA) is 63.4 Å². The van der Waals surface area contributed by atoms with Gasteiger partial charge in [0.05, 0.1) is 4.92 Å². The van der Waals surface area contributed by atoms with E-state index in [2.05, 4.69) is 20.8 Å². The Hall–Kier alpha value is -2.62. The van der Waals surface area contributed by atoms with Crippen molar-refractivity contribution in [3.63, 3.8) is 0 Å². The Morgan fingerprint density at radius 3 is 2.45 bits per heavy atom. The van der Waals surface area contributed by atoms with Crippen molar-refractivity contribution in [2.24, 2.45) is 0 Å². The van der Waals surface area contributed by atoms with Crippen LogP contribution < -0.4 is 0 Å². The summed E-state index contributed by atoms with van der Waals surface area (Å²) >= 11 is 0. The van der Waals surface area contributed by atoms with E-state index in [1.54, 1.807) is 30.4 Å². The highest BCUT2D eigenvalue weighted by molar-refractivity contribution is 5.73. The summed E-state index contributed by atoms with van der Waals surface area (Å²) in [6.45, 7) is 6.31. The Morgan fingerprint density at radius 2 is 1.82 bits per heavy atom. The predicted molar refractivity (Wildman–Crippen MR) is 88.8 cm³/mol. The van der Waals surface area contributed by atoms with Crippen molar-refractivity contribution in [3.8, 4) is 5.75 Å². The van der Waals surface area contributed by atoms with Gasteiger partial charge in [-0.1, -0.05) is 51.1 Å². The Bertz CT molecular complexity index is 727. The molecule has 2 rings (SSSR count). The van der Waals surface area contributed by atoms with Gasteiger partial charge in [-0.3, -0.25) is 10.1 Å². The molecule has 0 aliphatic heterocycles. The molecule has 0 radical (unpaired) electrons. The summed E-state index contributed by atoms with van der Waals surface area (Å²) < 4.78 is 0. The zero-order valence-electron chi connectivity index (χ0n) is 12.9. The molecule has 2 aromatic rings. The maximum absolute atomic E-state index is 10.8. The fourth-order valence-electron chi connectivity index (χ4n) is 2.08. The van der Waals surface area contributed by atoms with E-state index >= 15 is 0 Å². The van der Waals surface area contributed by atoms with Crippen molar-refractivity contribution >= 4 is 17.8 Å². The summed E-state index contributed by atoms with van der Waals surface area (Å²) in [5, 5.41) is 20.7. The molecule has 0 aliphatic carbocycles. The molecule has 114 valence electrons. The SMILES string of the molecule is CC(C)(C)c1ccc(O)c(/C=C/c2cccc([N+](=O)[O-])c2)c1. The molecule has 0 atom stereocenters. The van der Waals surface area contributed by atoms with Gasteiger partial charge in [0.2, 0.25) is 0 Å². The van der Waals surface area contributed by atoms with Gasteiger partial charge in [-0.2, -0.15) is 0 Å². The van der Waals surface area contributed by atoms with Crippen LogP contribution in [0.1, 0.15) is 37.5 Å². The van der Waals surface area contributed by atoms with Crippen molar-refractivity contribution in [1.29, 1.82) is 0 Å². The first-order chi connectivity index (χ1) is 10.3. The van der Waals surface area contributed by atoms with Gasteiger partial charge in [0, 0.05) is 17.7 Å². The number of nitro groups is 1. The van der Waals surface area contributed by atoms with Gasteiger partial charge < -0.3 is 5.11 Å². The number of nitrogens with zero attached hydrogens (tertiary/aromatic N) is 1. The van der Waals surface area contributed by atoms with Gasteiger partial charge in [0.1, 0.15) is 5.75 Å². The zero-order valence-corrected chi connectivity index (χ0v) is 12.9. The quantitative estimate of drug-likeness (QED) is 0.504. The molecule has 22 heavy (non-hydrogen) atoms. The second-order valence-electron chi connectivity index (χ2n) is 6.21. The number of non-ortho nitro benzene ring substituents is 1. The molecule has 0 aliphatic rings. The van der Waals surface area contributed by atoms with E-state index in [1.165, 1.54) is 12.1 Å². The van der Waals surface area contributed by atoms with Gasteiger partial charge in [0.15, 0.2) is 0 Å². The standard InChI is InChI=1S/C18H19NO3/c1-18(2,3)15-9-10-17(20)14(12-15)8-7-13-5-4-6-16(11-13)19(21)22/h4-12,20H,1-3H3/b8-7+. The Labute approximate surface area is 129 Å². The maximum Gasteiger partial charge on any atom is 0.270 e. The van der Waals surface area contributed by atoms with Crippen molar-refractivity contribution in [1.82, 2.24) is 0 Å². The first-order valence-corrected chi connectivity index (χ1v) is 7.03. The summed E-state index contributed by atoms with van der Waals surface area (Å²) in [6.07, 6.45) is 3.53. The smallest absolute Gasteiger partial charge is 0.270 e. The summed E-state index contributed by atoms with van der Waals surface area (Å²) in [5.41, 5.74) is 2.56. The number of nitro benzene ring substituents is 1. The molecule has 0 spiro atoms. The number of hydrogen-bond acceptors (Lipinski definition) is 3. The first kappa shape index (κ1) is 15.8. The van der Waals surface area contributed by atoms with E-state index in [0.717, 1.165) is 11.1 Å². The fourth-order valence-corrected chi connectivity index (χ4v) is 2.08. The molecule has 1 N–H and O–H groups in total. The number of phenols is 1. The van der Waals surface area contributed by atoms with E-state index in [4.69, 9.17) is 0 Å². The molecule has 0 fully saturated rings. The third-order valence-electron chi connectivity index (χ3n) is 3.43.